The average Bonchev–Trinajstić information content (AvgIpc) is 2.39. The van der Waals surface area contributed by atoms with Crippen LogP contribution in [-0.2, 0) is 0 Å². The second-order valence-corrected chi connectivity index (χ2v) is 5.61. The van der Waals surface area contributed by atoms with Crippen molar-refractivity contribution in [1.82, 2.24) is 4.90 Å². The summed E-state index contributed by atoms with van der Waals surface area (Å²) in [4.78, 5) is 6.04. The molecule has 0 bridgehead atoms. The van der Waals surface area contributed by atoms with Gasteiger partial charge in [0.15, 0.2) is 5.96 Å². The number of piperidine rings is 1. The van der Waals surface area contributed by atoms with Gasteiger partial charge in [-0.2, -0.15) is 13.2 Å². The van der Waals surface area contributed by atoms with Gasteiger partial charge in [-0.15, -0.1) is 0 Å². The third-order valence-electron chi connectivity index (χ3n) is 4.10. The van der Waals surface area contributed by atoms with Crippen LogP contribution < -0.4 is 5.73 Å². The van der Waals surface area contributed by atoms with Crippen LogP contribution in [-0.4, -0.2) is 36.2 Å². The van der Waals surface area contributed by atoms with Crippen LogP contribution in [0.1, 0.15) is 44.9 Å². The molecule has 1 saturated carbocycles. The smallest absolute Gasteiger partial charge is 0.370 e. The molecule has 0 amide bonds. The van der Waals surface area contributed by atoms with Gasteiger partial charge in [0, 0.05) is 13.1 Å². The van der Waals surface area contributed by atoms with Gasteiger partial charge < -0.3 is 10.6 Å². The second kappa shape index (κ2) is 6.01. The Balaban J connectivity index is 1.94. The minimum Gasteiger partial charge on any atom is -0.370 e. The van der Waals surface area contributed by atoms with E-state index >= 15 is 0 Å². The molecule has 1 atom stereocenters. The van der Waals surface area contributed by atoms with Gasteiger partial charge in [0.2, 0.25) is 0 Å². The molecule has 3 nitrogen and oxygen atoms in total. The fraction of sp³-hybridized carbons (Fsp3) is 0.923. The molecule has 1 aliphatic heterocycles. The van der Waals surface area contributed by atoms with Crippen LogP contribution >= 0.6 is 0 Å². The highest BCUT2D eigenvalue weighted by atomic mass is 19.4. The number of aliphatic imine (C=N–C) groups is 1. The Kier molecular flexibility index (Phi) is 4.58. The molecule has 1 heterocycles. The summed E-state index contributed by atoms with van der Waals surface area (Å²) in [5.41, 5.74) is 5.89. The standard InChI is InChI=1S/C13H22F3N3/c14-13(15,16)10-5-4-8-19(9-10)12(17)18-11-6-2-1-3-7-11/h10-11H,1-9H2,(H2,17,18). The van der Waals surface area contributed by atoms with Crippen LogP contribution in [0.3, 0.4) is 0 Å². The third-order valence-corrected chi connectivity index (χ3v) is 4.10. The molecule has 2 fully saturated rings. The molecule has 1 aliphatic carbocycles. The molecule has 0 spiro atoms. The SMILES string of the molecule is NC(=NC1CCCCC1)N1CCCC(C(F)(F)F)C1. The molecule has 1 saturated heterocycles. The van der Waals surface area contributed by atoms with Crippen molar-refractivity contribution in [2.45, 2.75) is 57.2 Å². The number of alkyl halides is 3. The van der Waals surface area contributed by atoms with E-state index < -0.39 is 12.1 Å². The molecule has 110 valence electrons. The summed E-state index contributed by atoms with van der Waals surface area (Å²) in [5, 5.41) is 0. The Bertz CT molecular complexity index is 322. The summed E-state index contributed by atoms with van der Waals surface area (Å²) < 4.78 is 38.2. The van der Waals surface area contributed by atoms with E-state index in [2.05, 4.69) is 4.99 Å². The summed E-state index contributed by atoms with van der Waals surface area (Å²) in [5.74, 6) is -0.956. The molecule has 2 aliphatic rings. The second-order valence-electron chi connectivity index (χ2n) is 5.61. The molecule has 19 heavy (non-hydrogen) atoms. The van der Waals surface area contributed by atoms with Crippen molar-refractivity contribution in [3.8, 4) is 0 Å². The summed E-state index contributed by atoms with van der Waals surface area (Å²) in [7, 11) is 0. The first-order valence-corrected chi connectivity index (χ1v) is 7.12. The maximum atomic E-state index is 12.7. The molecule has 2 N–H and O–H groups in total. The number of nitrogens with two attached hydrogens (primary N) is 1. The lowest BCUT2D eigenvalue weighted by molar-refractivity contribution is -0.183. The highest BCUT2D eigenvalue weighted by Crippen LogP contribution is 2.33. The maximum absolute atomic E-state index is 12.7. The summed E-state index contributed by atoms with van der Waals surface area (Å²) >= 11 is 0. The normalized spacial score (nSPS) is 27.6. The zero-order valence-corrected chi connectivity index (χ0v) is 11.1. The first-order chi connectivity index (χ1) is 8.97. The lowest BCUT2D eigenvalue weighted by atomic mass is 9.96. The minimum atomic E-state index is -4.12. The van der Waals surface area contributed by atoms with Crippen molar-refractivity contribution in [2.75, 3.05) is 13.1 Å². The van der Waals surface area contributed by atoms with Crippen molar-refractivity contribution in [3.63, 3.8) is 0 Å². The van der Waals surface area contributed by atoms with Crippen LogP contribution in [0.25, 0.3) is 0 Å². The van der Waals surface area contributed by atoms with Crippen molar-refractivity contribution in [1.29, 1.82) is 0 Å². The highest BCUT2D eigenvalue weighted by Gasteiger charge is 2.42. The Hall–Kier alpha value is -0.940. The van der Waals surface area contributed by atoms with Gasteiger partial charge in [-0.3, -0.25) is 0 Å². The van der Waals surface area contributed by atoms with E-state index in [9.17, 15) is 13.2 Å². The Morgan fingerprint density at radius 3 is 2.37 bits per heavy atom. The highest BCUT2D eigenvalue weighted by molar-refractivity contribution is 5.78. The number of nitrogens with zero attached hydrogens (tertiary/aromatic N) is 2. The summed E-state index contributed by atoms with van der Waals surface area (Å²) in [6.07, 6.45) is 2.16. The molecule has 1 unspecified atom stereocenters. The van der Waals surface area contributed by atoms with Gasteiger partial charge in [-0.25, -0.2) is 4.99 Å². The number of hydrogen-bond acceptors (Lipinski definition) is 1. The van der Waals surface area contributed by atoms with Gasteiger partial charge in [-0.05, 0) is 25.7 Å². The molecule has 0 aromatic heterocycles. The van der Waals surface area contributed by atoms with E-state index in [-0.39, 0.29) is 19.0 Å². The fourth-order valence-corrected chi connectivity index (χ4v) is 2.93. The van der Waals surface area contributed by atoms with Gasteiger partial charge >= 0.3 is 6.18 Å². The minimum absolute atomic E-state index is 0.0362. The Labute approximate surface area is 112 Å². The first kappa shape index (κ1) is 14.5. The van der Waals surface area contributed by atoms with E-state index in [0.29, 0.717) is 18.9 Å². The lowest BCUT2D eigenvalue weighted by Crippen LogP contribution is -2.48. The zero-order valence-electron chi connectivity index (χ0n) is 11.1. The van der Waals surface area contributed by atoms with E-state index in [1.54, 1.807) is 4.90 Å². The van der Waals surface area contributed by atoms with Gasteiger partial charge in [0.05, 0.1) is 12.0 Å². The van der Waals surface area contributed by atoms with E-state index in [1.165, 1.54) is 6.42 Å². The molecule has 2 rings (SSSR count). The number of rotatable bonds is 1. The van der Waals surface area contributed by atoms with Gasteiger partial charge in [0.1, 0.15) is 0 Å². The molecule has 0 aromatic carbocycles. The van der Waals surface area contributed by atoms with Gasteiger partial charge in [-0.1, -0.05) is 19.3 Å². The number of guanidine groups is 1. The van der Waals surface area contributed by atoms with Crippen molar-refractivity contribution in [3.05, 3.63) is 0 Å². The average molecular weight is 277 g/mol. The lowest BCUT2D eigenvalue weighted by Gasteiger charge is -2.35. The molecule has 6 heteroatoms. The maximum Gasteiger partial charge on any atom is 0.393 e. The predicted octanol–water partition coefficient (Wildman–Crippen LogP) is 2.91. The number of halogens is 3. The largest absolute Gasteiger partial charge is 0.393 e. The van der Waals surface area contributed by atoms with Crippen LogP contribution in [0, 0.1) is 5.92 Å². The predicted molar refractivity (Wildman–Crippen MR) is 68.8 cm³/mol. The fourth-order valence-electron chi connectivity index (χ4n) is 2.93. The van der Waals surface area contributed by atoms with Crippen LogP contribution in [0.2, 0.25) is 0 Å². The van der Waals surface area contributed by atoms with Crippen LogP contribution in [0.15, 0.2) is 4.99 Å². The summed E-state index contributed by atoms with van der Waals surface area (Å²) in [6, 6.07) is 0.208. The van der Waals surface area contributed by atoms with E-state index in [4.69, 9.17) is 5.73 Å². The van der Waals surface area contributed by atoms with Gasteiger partial charge in [0.25, 0.3) is 0 Å². The molecular formula is C13H22F3N3. The summed E-state index contributed by atoms with van der Waals surface area (Å²) in [6.45, 7) is 0.556. The molecular weight excluding hydrogens is 255 g/mol. The number of hydrogen-bond donors (Lipinski definition) is 1. The van der Waals surface area contributed by atoms with Crippen LogP contribution in [0.4, 0.5) is 13.2 Å². The quantitative estimate of drug-likeness (QED) is 0.591. The zero-order chi connectivity index (χ0) is 13.9. The van der Waals surface area contributed by atoms with Crippen LogP contribution in [0.5, 0.6) is 0 Å². The van der Waals surface area contributed by atoms with Crippen molar-refractivity contribution in [2.24, 2.45) is 16.6 Å². The Morgan fingerprint density at radius 1 is 1.05 bits per heavy atom. The molecule has 0 aromatic rings. The molecule has 0 radical (unpaired) electrons. The third kappa shape index (κ3) is 4.01. The van der Waals surface area contributed by atoms with Crippen molar-refractivity contribution >= 4 is 5.96 Å². The van der Waals surface area contributed by atoms with E-state index in [0.717, 1.165) is 25.7 Å². The van der Waals surface area contributed by atoms with E-state index in [1.807, 2.05) is 0 Å². The Morgan fingerprint density at radius 2 is 1.74 bits per heavy atom. The first-order valence-electron chi connectivity index (χ1n) is 7.12. The van der Waals surface area contributed by atoms with Crippen molar-refractivity contribution < 1.29 is 13.2 Å². The number of likely N-dealkylation sites (tertiary alicyclic amines) is 1. The topological polar surface area (TPSA) is 41.6 Å². The monoisotopic (exact) mass is 277 g/mol.